The van der Waals surface area contributed by atoms with E-state index in [1.165, 1.54) is 11.8 Å². The number of amides is 2. The molecule has 1 aromatic rings. The number of halogens is 2. The second-order valence-electron chi connectivity index (χ2n) is 3.63. The molecule has 1 aromatic carbocycles. The van der Waals surface area contributed by atoms with Crippen molar-refractivity contribution in [3.8, 4) is 0 Å². The van der Waals surface area contributed by atoms with Crippen molar-refractivity contribution in [3.05, 3.63) is 28.2 Å². The van der Waals surface area contributed by atoms with Gasteiger partial charge in [-0.1, -0.05) is 23.2 Å². The second-order valence-corrected chi connectivity index (χ2v) is 5.72. The van der Waals surface area contributed by atoms with Gasteiger partial charge in [-0.15, -0.1) is 11.8 Å². The van der Waals surface area contributed by atoms with Crippen LogP contribution < -0.4 is 5.32 Å². The van der Waals surface area contributed by atoms with E-state index in [-0.39, 0.29) is 17.1 Å². The van der Waals surface area contributed by atoms with E-state index in [0.717, 1.165) is 4.90 Å². The molecule has 2 rings (SSSR count). The van der Waals surface area contributed by atoms with Crippen LogP contribution in [0.4, 0.5) is 0 Å². The first kappa shape index (κ1) is 12.7. The average Bonchev–Trinajstić information content (AvgIpc) is 2.27. The summed E-state index contributed by atoms with van der Waals surface area (Å²) in [6.45, 7) is 0. The molecule has 6 heteroatoms. The maximum atomic E-state index is 11.6. The van der Waals surface area contributed by atoms with Crippen LogP contribution in [0.1, 0.15) is 12.8 Å². The van der Waals surface area contributed by atoms with Crippen LogP contribution in [0, 0.1) is 0 Å². The van der Waals surface area contributed by atoms with Crippen LogP contribution in [0.3, 0.4) is 0 Å². The lowest BCUT2D eigenvalue weighted by Gasteiger charge is -2.20. The Hall–Kier alpha value is -0.710. The van der Waals surface area contributed by atoms with Gasteiger partial charge in [-0.05, 0) is 24.6 Å². The van der Waals surface area contributed by atoms with Crippen LogP contribution in [-0.2, 0) is 9.59 Å². The molecule has 1 heterocycles. The number of hydrogen-bond acceptors (Lipinski definition) is 3. The molecule has 0 aliphatic carbocycles. The third-order valence-electron chi connectivity index (χ3n) is 2.35. The quantitative estimate of drug-likeness (QED) is 0.852. The van der Waals surface area contributed by atoms with E-state index >= 15 is 0 Å². The highest BCUT2D eigenvalue weighted by molar-refractivity contribution is 8.00. The molecule has 1 aliphatic heterocycles. The number of carbonyl (C=O) groups excluding carboxylic acids is 2. The lowest BCUT2D eigenvalue weighted by atomic mass is 10.1. The summed E-state index contributed by atoms with van der Waals surface area (Å²) in [6, 6.07) is 5.11. The highest BCUT2D eigenvalue weighted by Crippen LogP contribution is 2.35. The molecule has 1 N–H and O–H groups in total. The van der Waals surface area contributed by atoms with Crippen molar-refractivity contribution in [3.63, 3.8) is 0 Å². The number of nitrogens with one attached hydrogen (secondary N) is 1. The second kappa shape index (κ2) is 5.29. The molecular formula is C11H9Cl2NO2S. The Morgan fingerprint density at radius 2 is 2.06 bits per heavy atom. The fraction of sp³-hybridized carbons (Fsp3) is 0.273. The van der Waals surface area contributed by atoms with Crippen LogP contribution in [-0.4, -0.2) is 17.1 Å². The Morgan fingerprint density at radius 1 is 1.29 bits per heavy atom. The summed E-state index contributed by atoms with van der Waals surface area (Å²) in [5.74, 6) is -0.480. The molecule has 1 atom stereocenters. The van der Waals surface area contributed by atoms with E-state index in [1.54, 1.807) is 18.2 Å². The van der Waals surface area contributed by atoms with Gasteiger partial charge in [0.25, 0.3) is 0 Å². The van der Waals surface area contributed by atoms with Crippen molar-refractivity contribution in [2.24, 2.45) is 0 Å². The van der Waals surface area contributed by atoms with Gasteiger partial charge >= 0.3 is 0 Å². The van der Waals surface area contributed by atoms with Gasteiger partial charge in [0.15, 0.2) is 0 Å². The lowest BCUT2D eigenvalue weighted by Crippen LogP contribution is -2.42. The summed E-state index contributed by atoms with van der Waals surface area (Å²) in [5, 5.41) is 3.15. The fourth-order valence-electron chi connectivity index (χ4n) is 1.51. The minimum Gasteiger partial charge on any atom is -0.295 e. The number of piperidine rings is 1. The van der Waals surface area contributed by atoms with Gasteiger partial charge in [0.05, 0.1) is 10.3 Å². The Morgan fingerprint density at radius 3 is 2.76 bits per heavy atom. The van der Waals surface area contributed by atoms with Crippen molar-refractivity contribution in [2.45, 2.75) is 23.0 Å². The Balaban J connectivity index is 2.13. The molecular weight excluding hydrogens is 281 g/mol. The van der Waals surface area contributed by atoms with E-state index < -0.39 is 0 Å². The predicted molar refractivity (Wildman–Crippen MR) is 68.5 cm³/mol. The Labute approximate surface area is 113 Å². The number of benzene rings is 1. The zero-order chi connectivity index (χ0) is 12.4. The molecule has 0 radical (unpaired) electrons. The third kappa shape index (κ3) is 3.15. The smallest absolute Gasteiger partial charge is 0.240 e. The summed E-state index contributed by atoms with van der Waals surface area (Å²) in [5.41, 5.74) is 0. The monoisotopic (exact) mass is 289 g/mol. The molecule has 3 nitrogen and oxygen atoms in total. The number of rotatable bonds is 2. The predicted octanol–water partition coefficient (Wildman–Crippen LogP) is 2.89. The molecule has 1 aliphatic rings. The van der Waals surface area contributed by atoms with E-state index in [1.807, 2.05) is 0 Å². The van der Waals surface area contributed by atoms with Gasteiger partial charge in [-0.2, -0.15) is 0 Å². The van der Waals surface area contributed by atoms with E-state index in [9.17, 15) is 9.59 Å². The van der Waals surface area contributed by atoms with Crippen LogP contribution >= 0.6 is 35.0 Å². The van der Waals surface area contributed by atoms with Crippen LogP contribution in [0.15, 0.2) is 23.1 Å². The van der Waals surface area contributed by atoms with Gasteiger partial charge in [-0.25, -0.2) is 0 Å². The van der Waals surface area contributed by atoms with Crippen molar-refractivity contribution >= 4 is 46.8 Å². The molecule has 2 amide bonds. The number of thioether (sulfide) groups is 1. The van der Waals surface area contributed by atoms with E-state index in [0.29, 0.717) is 22.9 Å². The number of hydrogen-bond donors (Lipinski definition) is 1. The van der Waals surface area contributed by atoms with Gasteiger partial charge < -0.3 is 0 Å². The van der Waals surface area contributed by atoms with Crippen molar-refractivity contribution in [2.75, 3.05) is 0 Å². The summed E-state index contributed by atoms with van der Waals surface area (Å²) in [7, 11) is 0. The standard InChI is InChI=1S/C11H9Cl2NO2S/c12-6-1-2-7(13)9(5-6)17-8-3-4-10(15)14-11(8)16/h1-2,5,8H,3-4H2,(H,14,15,16). The molecule has 90 valence electrons. The van der Waals surface area contributed by atoms with Crippen molar-refractivity contribution in [1.29, 1.82) is 0 Å². The highest BCUT2D eigenvalue weighted by Gasteiger charge is 2.27. The summed E-state index contributed by atoms with van der Waals surface area (Å²) >= 11 is 13.2. The molecule has 0 spiro atoms. The average molecular weight is 290 g/mol. The molecule has 17 heavy (non-hydrogen) atoms. The molecule has 0 bridgehead atoms. The first-order valence-electron chi connectivity index (χ1n) is 5.01. The molecule has 1 saturated heterocycles. The fourth-order valence-corrected chi connectivity index (χ4v) is 3.08. The third-order valence-corrected chi connectivity index (χ3v) is 4.35. The SMILES string of the molecule is O=C1CCC(Sc2cc(Cl)ccc2Cl)C(=O)N1. The number of imide groups is 1. The minimum atomic E-state index is -0.288. The largest absolute Gasteiger partial charge is 0.295 e. The van der Waals surface area contributed by atoms with Gasteiger partial charge in [0.2, 0.25) is 11.8 Å². The van der Waals surface area contributed by atoms with Crippen molar-refractivity contribution < 1.29 is 9.59 Å². The summed E-state index contributed by atoms with van der Waals surface area (Å²) in [6.07, 6.45) is 0.889. The van der Waals surface area contributed by atoms with Crippen LogP contribution in [0.2, 0.25) is 10.0 Å². The zero-order valence-electron chi connectivity index (χ0n) is 8.70. The Bertz CT molecular complexity index is 479. The topological polar surface area (TPSA) is 46.2 Å². The normalized spacial score (nSPS) is 20.2. The first-order valence-corrected chi connectivity index (χ1v) is 6.65. The van der Waals surface area contributed by atoms with Crippen LogP contribution in [0.25, 0.3) is 0 Å². The first-order chi connectivity index (χ1) is 8.06. The van der Waals surface area contributed by atoms with Gasteiger partial charge in [0, 0.05) is 16.3 Å². The lowest BCUT2D eigenvalue weighted by molar-refractivity contribution is -0.132. The maximum absolute atomic E-state index is 11.6. The summed E-state index contributed by atoms with van der Waals surface area (Å²) in [4.78, 5) is 23.3. The minimum absolute atomic E-state index is 0.218. The van der Waals surface area contributed by atoms with Crippen molar-refractivity contribution in [1.82, 2.24) is 5.32 Å². The molecule has 0 saturated carbocycles. The van der Waals surface area contributed by atoms with E-state index in [2.05, 4.69) is 5.32 Å². The Kier molecular flexibility index (Phi) is 3.97. The van der Waals surface area contributed by atoms with E-state index in [4.69, 9.17) is 23.2 Å². The maximum Gasteiger partial charge on any atom is 0.240 e. The molecule has 0 aromatic heterocycles. The zero-order valence-corrected chi connectivity index (χ0v) is 11.0. The summed E-state index contributed by atoms with van der Waals surface area (Å²) < 4.78 is 0. The highest BCUT2D eigenvalue weighted by atomic mass is 35.5. The molecule has 1 unspecified atom stereocenters. The van der Waals surface area contributed by atoms with Crippen LogP contribution in [0.5, 0.6) is 0 Å². The van der Waals surface area contributed by atoms with Gasteiger partial charge in [-0.3, -0.25) is 14.9 Å². The number of carbonyl (C=O) groups is 2. The molecule has 1 fully saturated rings. The van der Waals surface area contributed by atoms with Gasteiger partial charge in [0.1, 0.15) is 0 Å².